The number of pyridine rings is 1. The smallest absolute Gasteiger partial charge is 0.145 e. The van der Waals surface area contributed by atoms with Gasteiger partial charge in [0.05, 0.1) is 10.9 Å². The van der Waals surface area contributed by atoms with Gasteiger partial charge in [-0.3, -0.25) is 0 Å². The Bertz CT molecular complexity index is 1260. The number of nitrogens with zero attached hydrogens (tertiary/aromatic N) is 4. The summed E-state index contributed by atoms with van der Waals surface area (Å²) >= 11 is 6.24. The molecule has 0 bridgehead atoms. The molecule has 32 heavy (non-hydrogen) atoms. The highest BCUT2D eigenvalue weighted by Crippen LogP contribution is 2.39. The molecule has 2 saturated carbocycles. The molecule has 1 aromatic carbocycles. The molecular formula is C26H28ClN5. The maximum Gasteiger partial charge on any atom is 0.145 e. The Hall–Kier alpha value is -2.66. The van der Waals surface area contributed by atoms with Crippen LogP contribution < -0.4 is 5.32 Å². The fraction of sp³-hybridized carbons (Fsp3) is 0.423. The van der Waals surface area contributed by atoms with Gasteiger partial charge in [-0.25, -0.2) is 15.0 Å². The third-order valence-electron chi connectivity index (χ3n) is 7.23. The average molecular weight is 446 g/mol. The third kappa shape index (κ3) is 4.06. The molecule has 2 atom stereocenters. The summed E-state index contributed by atoms with van der Waals surface area (Å²) in [7, 11) is 0. The van der Waals surface area contributed by atoms with Crippen LogP contribution in [-0.4, -0.2) is 26.1 Å². The van der Waals surface area contributed by atoms with Crippen LogP contribution in [0.15, 0.2) is 48.9 Å². The van der Waals surface area contributed by atoms with Crippen LogP contribution in [0.1, 0.15) is 50.1 Å². The van der Waals surface area contributed by atoms with Crippen molar-refractivity contribution >= 4 is 39.4 Å². The molecule has 0 radical (unpaired) electrons. The summed E-state index contributed by atoms with van der Waals surface area (Å²) in [5.74, 6) is 2.59. The van der Waals surface area contributed by atoms with Crippen LogP contribution in [0.3, 0.4) is 0 Å². The van der Waals surface area contributed by atoms with E-state index >= 15 is 0 Å². The Balaban J connectivity index is 1.10. The molecule has 4 aromatic rings. The van der Waals surface area contributed by atoms with Crippen LogP contribution in [-0.2, 0) is 6.42 Å². The topological polar surface area (TPSA) is 55.6 Å². The van der Waals surface area contributed by atoms with E-state index in [9.17, 15) is 0 Å². The number of aryl methyl sites for hydroxylation is 1. The summed E-state index contributed by atoms with van der Waals surface area (Å²) < 4.78 is 2.30. The second-order valence-corrected chi connectivity index (χ2v) is 9.90. The molecule has 3 heterocycles. The first-order valence-electron chi connectivity index (χ1n) is 11.8. The third-order valence-corrected chi connectivity index (χ3v) is 7.54. The van der Waals surface area contributed by atoms with Gasteiger partial charge in [0, 0.05) is 24.2 Å². The molecule has 0 saturated heterocycles. The number of fused-ring (bicyclic) bond motifs is 2. The Morgan fingerprint density at radius 2 is 1.88 bits per heavy atom. The number of hydrogen-bond donors (Lipinski definition) is 1. The second-order valence-electron chi connectivity index (χ2n) is 9.54. The Kier molecular flexibility index (Phi) is 5.22. The van der Waals surface area contributed by atoms with E-state index in [0.717, 1.165) is 47.2 Å². The van der Waals surface area contributed by atoms with E-state index in [0.29, 0.717) is 11.2 Å². The van der Waals surface area contributed by atoms with Crippen LogP contribution in [0.5, 0.6) is 0 Å². The Morgan fingerprint density at radius 1 is 1.00 bits per heavy atom. The quantitative estimate of drug-likeness (QED) is 0.333. The van der Waals surface area contributed by atoms with E-state index in [-0.39, 0.29) is 0 Å². The highest BCUT2D eigenvalue weighted by atomic mass is 35.5. The van der Waals surface area contributed by atoms with Gasteiger partial charge in [-0.1, -0.05) is 23.7 Å². The molecule has 164 valence electrons. The van der Waals surface area contributed by atoms with Gasteiger partial charge in [-0.05, 0) is 86.6 Å². The van der Waals surface area contributed by atoms with Crippen molar-refractivity contribution in [2.45, 2.75) is 51.0 Å². The minimum absolute atomic E-state index is 0.502. The first-order valence-corrected chi connectivity index (χ1v) is 12.2. The van der Waals surface area contributed by atoms with Gasteiger partial charge in [-0.15, -0.1) is 0 Å². The molecular weight excluding hydrogens is 418 g/mol. The van der Waals surface area contributed by atoms with Gasteiger partial charge >= 0.3 is 0 Å². The van der Waals surface area contributed by atoms with Gasteiger partial charge in [0.25, 0.3) is 0 Å². The summed E-state index contributed by atoms with van der Waals surface area (Å²) in [5, 5.41) is 6.21. The summed E-state index contributed by atoms with van der Waals surface area (Å²) in [5.41, 5.74) is 3.45. The van der Waals surface area contributed by atoms with Crippen LogP contribution in [0.2, 0.25) is 5.15 Å². The fourth-order valence-corrected chi connectivity index (χ4v) is 5.35. The van der Waals surface area contributed by atoms with Crippen molar-refractivity contribution in [3.63, 3.8) is 0 Å². The van der Waals surface area contributed by atoms with Crippen molar-refractivity contribution in [3.05, 3.63) is 59.6 Å². The summed E-state index contributed by atoms with van der Waals surface area (Å²) in [6, 6.07) is 13.6. The summed E-state index contributed by atoms with van der Waals surface area (Å²) in [6.45, 7) is 1.05. The first-order chi connectivity index (χ1) is 15.7. The van der Waals surface area contributed by atoms with E-state index < -0.39 is 0 Å². The van der Waals surface area contributed by atoms with Gasteiger partial charge in [0.1, 0.15) is 22.9 Å². The number of aromatic nitrogens is 4. The number of benzene rings is 1. The van der Waals surface area contributed by atoms with Crippen LogP contribution in [0.25, 0.3) is 21.9 Å². The number of hydrogen-bond acceptors (Lipinski definition) is 4. The predicted octanol–water partition coefficient (Wildman–Crippen LogP) is 6.43. The molecule has 0 unspecified atom stereocenters. The Morgan fingerprint density at radius 3 is 2.78 bits per heavy atom. The lowest BCUT2D eigenvalue weighted by Gasteiger charge is -2.14. The van der Waals surface area contributed by atoms with Gasteiger partial charge in [0.2, 0.25) is 0 Å². The number of anilines is 1. The standard InChI is InChI=1S/C26H28ClN5/c27-25-22-11-12-32(26(22)30-16-29-25)21-9-6-17(13-21)1-2-18-5-7-20-8-10-24(31-23(20)14-18)28-15-19-3-4-19/h5,7-8,10-12,14,16-17,19,21H,1-4,6,9,13,15H2,(H,28,31)/t17-,21+/m1/s1. The van der Waals surface area contributed by atoms with E-state index in [1.165, 1.54) is 49.5 Å². The normalized spacial score (nSPS) is 20.9. The zero-order chi connectivity index (χ0) is 21.5. The van der Waals surface area contributed by atoms with Crippen molar-refractivity contribution in [1.29, 1.82) is 0 Å². The highest BCUT2D eigenvalue weighted by Gasteiger charge is 2.27. The molecule has 0 spiro atoms. The van der Waals surface area contributed by atoms with Gasteiger partial charge in [-0.2, -0.15) is 0 Å². The lowest BCUT2D eigenvalue weighted by molar-refractivity contribution is 0.461. The van der Waals surface area contributed by atoms with E-state index in [2.05, 4.69) is 56.4 Å². The van der Waals surface area contributed by atoms with Crippen molar-refractivity contribution in [2.75, 3.05) is 11.9 Å². The highest BCUT2D eigenvalue weighted by molar-refractivity contribution is 6.33. The molecule has 3 aromatic heterocycles. The second kappa shape index (κ2) is 8.36. The molecule has 0 aliphatic heterocycles. The van der Waals surface area contributed by atoms with Crippen molar-refractivity contribution in [3.8, 4) is 0 Å². The molecule has 1 N–H and O–H groups in total. The predicted molar refractivity (Wildman–Crippen MR) is 130 cm³/mol. The molecule has 0 amide bonds. The number of rotatable bonds is 7. The van der Waals surface area contributed by atoms with Crippen molar-refractivity contribution < 1.29 is 0 Å². The fourth-order valence-electron chi connectivity index (χ4n) is 5.16. The van der Waals surface area contributed by atoms with Gasteiger partial charge < -0.3 is 9.88 Å². The molecule has 2 fully saturated rings. The van der Waals surface area contributed by atoms with E-state index in [1.807, 2.05) is 6.07 Å². The van der Waals surface area contributed by atoms with E-state index in [4.69, 9.17) is 16.6 Å². The van der Waals surface area contributed by atoms with E-state index in [1.54, 1.807) is 6.33 Å². The zero-order valence-electron chi connectivity index (χ0n) is 18.2. The Labute approximate surface area is 193 Å². The maximum absolute atomic E-state index is 6.24. The zero-order valence-corrected chi connectivity index (χ0v) is 18.9. The lowest BCUT2D eigenvalue weighted by Crippen LogP contribution is -2.06. The molecule has 2 aliphatic rings. The van der Waals surface area contributed by atoms with Crippen LogP contribution in [0.4, 0.5) is 5.82 Å². The summed E-state index contributed by atoms with van der Waals surface area (Å²) in [6.07, 6.45) is 12.4. The lowest BCUT2D eigenvalue weighted by atomic mass is 9.97. The minimum atomic E-state index is 0.502. The average Bonchev–Trinajstić information content (AvgIpc) is 3.34. The molecule has 6 heteroatoms. The first kappa shape index (κ1) is 20.0. The maximum atomic E-state index is 6.24. The monoisotopic (exact) mass is 445 g/mol. The van der Waals surface area contributed by atoms with Crippen LogP contribution in [0, 0.1) is 11.8 Å². The van der Waals surface area contributed by atoms with Crippen molar-refractivity contribution in [1.82, 2.24) is 19.5 Å². The SMILES string of the molecule is Clc1ncnc2c1ccn2[C@H]1CC[C@@H](CCc2ccc3ccc(NCC4CC4)nc3c2)C1. The largest absolute Gasteiger partial charge is 0.370 e. The van der Waals surface area contributed by atoms with Gasteiger partial charge in [0.15, 0.2) is 0 Å². The molecule has 2 aliphatic carbocycles. The van der Waals surface area contributed by atoms with Crippen molar-refractivity contribution in [2.24, 2.45) is 11.8 Å². The molecule has 6 rings (SSSR count). The minimum Gasteiger partial charge on any atom is -0.370 e. The molecule has 5 nitrogen and oxygen atoms in total. The summed E-state index contributed by atoms with van der Waals surface area (Å²) in [4.78, 5) is 13.4. The number of halogens is 1. The number of nitrogens with one attached hydrogen (secondary N) is 1. The van der Waals surface area contributed by atoms with Crippen LogP contribution >= 0.6 is 11.6 Å².